The number of aromatic nitrogens is 1. The quantitative estimate of drug-likeness (QED) is 0.602. The van der Waals surface area contributed by atoms with Crippen LogP contribution in [0, 0.1) is 5.41 Å². The minimum Gasteiger partial charge on any atom is -0.465 e. The molecule has 5 nitrogen and oxygen atoms in total. The topological polar surface area (TPSA) is 65.5 Å². The number of hydrogen-bond donors (Lipinski definition) is 0. The number of hydrogen-bond acceptors (Lipinski definition) is 5. The zero-order chi connectivity index (χ0) is 13.7. The summed E-state index contributed by atoms with van der Waals surface area (Å²) in [5.74, 6) is -0.607. The van der Waals surface area contributed by atoms with Crippen molar-refractivity contribution in [3.8, 4) is 0 Å². The number of pyridine rings is 1. The van der Waals surface area contributed by atoms with Crippen molar-refractivity contribution in [2.45, 2.75) is 19.8 Å². The first-order chi connectivity index (χ1) is 9.19. The lowest BCUT2D eigenvalue weighted by molar-refractivity contribution is -0.169. The summed E-state index contributed by atoms with van der Waals surface area (Å²) in [4.78, 5) is 28.4. The van der Waals surface area contributed by atoms with Crippen molar-refractivity contribution >= 4 is 11.8 Å². The van der Waals surface area contributed by atoms with Gasteiger partial charge in [-0.25, -0.2) is 0 Å². The van der Waals surface area contributed by atoms with E-state index >= 15 is 0 Å². The van der Waals surface area contributed by atoms with E-state index < -0.39 is 11.4 Å². The SMILES string of the molecule is CCOC(=O)C1(Cc2cccnc2)COCCC1=O. The maximum Gasteiger partial charge on any atom is 0.322 e. The second kappa shape index (κ2) is 5.93. The Morgan fingerprint density at radius 2 is 2.42 bits per heavy atom. The Kier molecular flexibility index (Phi) is 4.27. The van der Waals surface area contributed by atoms with Crippen LogP contribution in [0.1, 0.15) is 18.9 Å². The zero-order valence-electron chi connectivity index (χ0n) is 10.9. The molecule has 102 valence electrons. The lowest BCUT2D eigenvalue weighted by Gasteiger charge is -2.33. The summed E-state index contributed by atoms with van der Waals surface area (Å²) in [5.41, 5.74) is -0.383. The van der Waals surface area contributed by atoms with E-state index in [0.717, 1.165) is 5.56 Å². The first-order valence-electron chi connectivity index (χ1n) is 6.36. The Morgan fingerprint density at radius 1 is 1.58 bits per heavy atom. The van der Waals surface area contributed by atoms with Crippen LogP contribution in [-0.2, 0) is 25.5 Å². The van der Waals surface area contributed by atoms with Gasteiger partial charge in [-0.3, -0.25) is 14.6 Å². The van der Waals surface area contributed by atoms with Crippen LogP contribution in [0.2, 0.25) is 0 Å². The number of rotatable bonds is 4. The molecule has 1 aromatic heterocycles. The van der Waals surface area contributed by atoms with Crippen LogP contribution in [0.3, 0.4) is 0 Å². The third-order valence-electron chi connectivity index (χ3n) is 3.25. The monoisotopic (exact) mass is 263 g/mol. The molecule has 0 radical (unpaired) electrons. The summed E-state index contributed by atoms with van der Waals surface area (Å²) in [6.07, 6.45) is 3.83. The average Bonchev–Trinajstić information content (AvgIpc) is 2.43. The van der Waals surface area contributed by atoms with Crippen LogP contribution < -0.4 is 0 Å². The molecule has 2 rings (SSSR count). The second-order valence-electron chi connectivity index (χ2n) is 4.57. The Balaban J connectivity index is 2.28. The Labute approximate surface area is 111 Å². The van der Waals surface area contributed by atoms with Crippen molar-refractivity contribution in [2.75, 3.05) is 19.8 Å². The fourth-order valence-electron chi connectivity index (χ4n) is 2.25. The molecule has 2 heterocycles. The highest BCUT2D eigenvalue weighted by Crippen LogP contribution is 2.31. The summed E-state index contributed by atoms with van der Waals surface area (Å²) >= 11 is 0. The number of Topliss-reactive ketones (excluding diaryl/α,β-unsaturated/α-hetero) is 1. The number of carbonyl (C=O) groups excluding carboxylic acids is 2. The fourth-order valence-corrected chi connectivity index (χ4v) is 2.25. The standard InChI is InChI=1S/C14H17NO4/c1-2-19-13(17)14(10-18-7-5-12(14)16)8-11-4-3-6-15-9-11/h3-4,6,9H,2,5,7-8,10H2,1H3. The predicted molar refractivity (Wildman–Crippen MR) is 67.5 cm³/mol. The van der Waals surface area contributed by atoms with Crippen molar-refractivity contribution in [3.63, 3.8) is 0 Å². The van der Waals surface area contributed by atoms with Crippen molar-refractivity contribution in [2.24, 2.45) is 5.41 Å². The maximum absolute atomic E-state index is 12.2. The van der Waals surface area contributed by atoms with Crippen molar-refractivity contribution < 1.29 is 19.1 Å². The number of ether oxygens (including phenoxy) is 2. The highest BCUT2D eigenvalue weighted by molar-refractivity contribution is 6.04. The summed E-state index contributed by atoms with van der Waals surface area (Å²) in [6, 6.07) is 3.62. The van der Waals surface area contributed by atoms with E-state index in [9.17, 15) is 9.59 Å². The van der Waals surface area contributed by atoms with Gasteiger partial charge >= 0.3 is 5.97 Å². The molecule has 0 aromatic carbocycles. The number of carbonyl (C=O) groups is 2. The van der Waals surface area contributed by atoms with E-state index in [1.165, 1.54) is 0 Å². The highest BCUT2D eigenvalue weighted by Gasteiger charge is 2.49. The third kappa shape index (κ3) is 2.81. The van der Waals surface area contributed by atoms with Crippen LogP contribution in [0.5, 0.6) is 0 Å². The first kappa shape index (κ1) is 13.7. The van der Waals surface area contributed by atoms with Gasteiger partial charge in [0.25, 0.3) is 0 Å². The van der Waals surface area contributed by atoms with Gasteiger partial charge in [-0.05, 0) is 25.0 Å². The summed E-state index contributed by atoms with van der Waals surface area (Å²) in [6.45, 7) is 2.43. The molecule has 1 unspecified atom stereocenters. The summed E-state index contributed by atoms with van der Waals surface area (Å²) in [5, 5.41) is 0. The van der Waals surface area contributed by atoms with Gasteiger partial charge in [-0.1, -0.05) is 6.07 Å². The molecule has 0 aliphatic carbocycles. The Bertz CT molecular complexity index is 460. The molecule has 5 heteroatoms. The summed E-state index contributed by atoms with van der Waals surface area (Å²) < 4.78 is 10.4. The zero-order valence-corrected chi connectivity index (χ0v) is 10.9. The van der Waals surface area contributed by atoms with Gasteiger partial charge in [0.1, 0.15) is 0 Å². The molecule has 0 N–H and O–H groups in total. The van der Waals surface area contributed by atoms with Gasteiger partial charge in [0, 0.05) is 18.8 Å². The average molecular weight is 263 g/mol. The van der Waals surface area contributed by atoms with Crippen molar-refractivity contribution in [1.29, 1.82) is 0 Å². The smallest absolute Gasteiger partial charge is 0.322 e. The van der Waals surface area contributed by atoms with Crippen molar-refractivity contribution in [3.05, 3.63) is 30.1 Å². The van der Waals surface area contributed by atoms with E-state index in [2.05, 4.69) is 4.98 Å². The van der Waals surface area contributed by atoms with E-state index in [4.69, 9.17) is 9.47 Å². The lowest BCUT2D eigenvalue weighted by Crippen LogP contribution is -2.49. The van der Waals surface area contributed by atoms with Gasteiger partial charge in [-0.15, -0.1) is 0 Å². The molecule has 1 aliphatic heterocycles. The molecule has 1 aliphatic rings. The molecule has 1 aromatic rings. The van der Waals surface area contributed by atoms with Gasteiger partial charge < -0.3 is 9.47 Å². The highest BCUT2D eigenvalue weighted by atomic mass is 16.5. The van der Waals surface area contributed by atoms with Gasteiger partial charge in [0.15, 0.2) is 11.2 Å². The molecule has 0 bridgehead atoms. The lowest BCUT2D eigenvalue weighted by atomic mass is 9.76. The summed E-state index contributed by atoms with van der Waals surface area (Å²) in [7, 11) is 0. The van der Waals surface area contributed by atoms with E-state index in [0.29, 0.717) is 6.61 Å². The maximum atomic E-state index is 12.2. The predicted octanol–water partition coefficient (Wildman–Crippen LogP) is 1.16. The third-order valence-corrected chi connectivity index (χ3v) is 3.25. The molecular weight excluding hydrogens is 246 g/mol. The number of esters is 1. The van der Waals surface area contributed by atoms with Gasteiger partial charge in [0.05, 0.1) is 19.8 Å². The largest absolute Gasteiger partial charge is 0.465 e. The molecule has 1 saturated heterocycles. The van der Waals surface area contributed by atoms with E-state index in [1.54, 1.807) is 25.4 Å². The Hall–Kier alpha value is -1.75. The number of ketones is 1. The Morgan fingerprint density at radius 3 is 3.05 bits per heavy atom. The minimum atomic E-state index is -1.21. The van der Waals surface area contributed by atoms with Crippen LogP contribution in [0.15, 0.2) is 24.5 Å². The minimum absolute atomic E-state index is 0.0829. The van der Waals surface area contributed by atoms with Crippen LogP contribution in [-0.4, -0.2) is 36.6 Å². The molecule has 1 fully saturated rings. The van der Waals surface area contributed by atoms with Crippen LogP contribution >= 0.6 is 0 Å². The molecule has 1 atom stereocenters. The molecule has 19 heavy (non-hydrogen) atoms. The van der Waals surface area contributed by atoms with Gasteiger partial charge in [-0.2, -0.15) is 0 Å². The second-order valence-corrected chi connectivity index (χ2v) is 4.57. The van der Waals surface area contributed by atoms with Gasteiger partial charge in [0.2, 0.25) is 0 Å². The molecule has 0 spiro atoms. The van der Waals surface area contributed by atoms with Crippen molar-refractivity contribution in [1.82, 2.24) is 4.98 Å². The molecule has 0 amide bonds. The van der Waals surface area contributed by atoms with Crippen LogP contribution in [0.4, 0.5) is 0 Å². The molecule has 0 saturated carbocycles. The normalized spacial score (nSPS) is 23.1. The first-order valence-corrected chi connectivity index (χ1v) is 6.36. The van der Waals surface area contributed by atoms with Crippen LogP contribution in [0.25, 0.3) is 0 Å². The van der Waals surface area contributed by atoms with E-state index in [1.807, 2.05) is 6.07 Å². The van der Waals surface area contributed by atoms with E-state index in [-0.39, 0.29) is 31.8 Å². The fraction of sp³-hybridized carbons (Fsp3) is 0.500. The number of nitrogens with zero attached hydrogens (tertiary/aromatic N) is 1. The molecular formula is C14H17NO4.